The minimum absolute atomic E-state index is 0.0207. The van der Waals surface area contributed by atoms with Crippen LogP contribution in [0.15, 0.2) is 54.6 Å². The molecule has 164 valence electrons. The maximum absolute atomic E-state index is 13.1. The molecule has 0 bridgehead atoms. The fourth-order valence-corrected chi connectivity index (χ4v) is 3.70. The van der Waals surface area contributed by atoms with Gasteiger partial charge in [-0.1, -0.05) is 42.5 Å². The van der Waals surface area contributed by atoms with Crippen LogP contribution in [0.25, 0.3) is 0 Å². The van der Waals surface area contributed by atoms with Crippen molar-refractivity contribution in [1.29, 1.82) is 0 Å². The Morgan fingerprint density at radius 2 is 1.71 bits per heavy atom. The van der Waals surface area contributed by atoms with Crippen LogP contribution in [-0.2, 0) is 16.1 Å². The highest BCUT2D eigenvalue weighted by Crippen LogP contribution is 2.26. The van der Waals surface area contributed by atoms with E-state index in [4.69, 9.17) is 0 Å². The van der Waals surface area contributed by atoms with Gasteiger partial charge in [0.2, 0.25) is 11.8 Å². The van der Waals surface area contributed by atoms with Crippen LogP contribution in [0.2, 0.25) is 0 Å². The van der Waals surface area contributed by atoms with E-state index in [2.05, 4.69) is 5.32 Å². The number of likely N-dealkylation sites (tertiary alicyclic amines) is 1. The zero-order chi connectivity index (χ0) is 22.4. The van der Waals surface area contributed by atoms with Gasteiger partial charge in [-0.25, -0.2) is 0 Å². The zero-order valence-electron chi connectivity index (χ0n) is 18.5. The second-order valence-electron chi connectivity index (χ2n) is 8.28. The lowest BCUT2D eigenvalue weighted by molar-refractivity contribution is -0.142. The van der Waals surface area contributed by atoms with Gasteiger partial charge in [-0.05, 0) is 49.9 Å². The van der Waals surface area contributed by atoms with E-state index in [9.17, 15) is 14.4 Å². The predicted octanol–water partition coefficient (Wildman–Crippen LogP) is 3.54. The van der Waals surface area contributed by atoms with Crippen LogP contribution in [0.5, 0.6) is 0 Å². The Balaban J connectivity index is 1.69. The van der Waals surface area contributed by atoms with Crippen molar-refractivity contribution >= 4 is 17.7 Å². The van der Waals surface area contributed by atoms with Crippen LogP contribution in [0.4, 0.5) is 0 Å². The van der Waals surface area contributed by atoms with Crippen molar-refractivity contribution in [2.24, 2.45) is 0 Å². The lowest BCUT2D eigenvalue weighted by Crippen LogP contribution is -2.45. The normalized spacial score (nSPS) is 15.0. The monoisotopic (exact) mass is 421 g/mol. The smallest absolute Gasteiger partial charge is 0.253 e. The van der Waals surface area contributed by atoms with E-state index in [0.29, 0.717) is 25.1 Å². The molecule has 1 N–H and O–H groups in total. The average molecular weight is 422 g/mol. The molecular formula is C25H31N3O3. The van der Waals surface area contributed by atoms with Gasteiger partial charge in [0.15, 0.2) is 0 Å². The summed E-state index contributed by atoms with van der Waals surface area (Å²) < 4.78 is 0. The van der Waals surface area contributed by atoms with E-state index in [1.807, 2.05) is 56.3 Å². The summed E-state index contributed by atoms with van der Waals surface area (Å²) in [6.45, 7) is 4.86. The van der Waals surface area contributed by atoms with Gasteiger partial charge in [0.1, 0.15) is 6.04 Å². The van der Waals surface area contributed by atoms with E-state index in [0.717, 1.165) is 24.0 Å². The van der Waals surface area contributed by atoms with Gasteiger partial charge in [0.25, 0.3) is 5.91 Å². The molecule has 1 aliphatic heterocycles. The molecule has 0 saturated carbocycles. The van der Waals surface area contributed by atoms with Crippen molar-refractivity contribution in [3.05, 3.63) is 71.3 Å². The van der Waals surface area contributed by atoms with Crippen molar-refractivity contribution in [2.75, 3.05) is 13.6 Å². The summed E-state index contributed by atoms with van der Waals surface area (Å²) in [5.41, 5.74) is 2.33. The number of benzene rings is 2. The Hall–Kier alpha value is -3.15. The fraction of sp³-hybridized carbons (Fsp3) is 0.400. The summed E-state index contributed by atoms with van der Waals surface area (Å²) in [6.07, 6.45) is 2.26. The fourth-order valence-electron chi connectivity index (χ4n) is 3.70. The third kappa shape index (κ3) is 5.51. The zero-order valence-corrected chi connectivity index (χ0v) is 18.5. The topological polar surface area (TPSA) is 69.7 Å². The number of nitrogens with zero attached hydrogens (tertiary/aromatic N) is 2. The largest absolute Gasteiger partial charge is 0.350 e. The number of carbonyl (C=O) groups excluding carboxylic acids is 3. The number of piperidine rings is 1. The Labute approximate surface area is 184 Å². The van der Waals surface area contributed by atoms with Crippen LogP contribution in [0.3, 0.4) is 0 Å². The quantitative estimate of drug-likeness (QED) is 0.743. The number of hydrogen-bond acceptors (Lipinski definition) is 3. The van der Waals surface area contributed by atoms with Crippen molar-refractivity contribution in [2.45, 2.75) is 51.7 Å². The summed E-state index contributed by atoms with van der Waals surface area (Å²) in [6, 6.07) is 16.2. The van der Waals surface area contributed by atoms with Crippen LogP contribution in [-0.4, -0.2) is 47.2 Å². The first-order valence-corrected chi connectivity index (χ1v) is 10.9. The maximum Gasteiger partial charge on any atom is 0.253 e. The Kier molecular flexibility index (Phi) is 7.45. The molecule has 31 heavy (non-hydrogen) atoms. The Morgan fingerprint density at radius 3 is 2.32 bits per heavy atom. The van der Waals surface area contributed by atoms with Crippen LogP contribution in [0.1, 0.15) is 60.6 Å². The number of rotatable bonds is 7. The molecule has 6 heteroatoms. The van der Waals surface area contributed by atoms with Crippen molar-refractivity contribution in [1.82, 2.24) is 15.1 Å². The molecule has 1 unspecified atom stereocenters. The first-order chi connectivity index (χ1) is 14.9. The highest BCUT2D eigenvalue weighted by atomic mass is 16.2. The lowest BCUT2D eigenvalue weighted by Gasteiger charge is -2.34. The van der Waals surface area contributed by atoms with E-state index in [-0.39, 0.29) is 23.8 Å². The number of amides is 3. The predicted molar refractivity (Wildman–Crippen MR) is 120 cm³/mol. The minimum atomic E-state index is -0.630. The van der Waals surface area contributed by atoms with Gasteiger partial charge in [0.05, 0.1) is 0 Å². The Morgan fingerprint density at radius 1 is 1.03 bits per heavy atom. The molecule has 1 saturated heterocycles. The van der Waals surface area contributed by atoms with Crippen LogP contribution >= 0.6 is 0 Å². The SMILES string of the molecule is CC(C)N(C)C(=O)c1ccc(CNC(=O)C(c2ccccc2)N2CCCCC2=O)cc1. The summed E-state index contributed by atoms with van der Waals surface area (Å²) in [5, 5.41) is 2.98. The molecule has 0 aromatic heterocycles. The second-order valence-corrected chi connectivity index (χ2v) is 8.28. The van der Waals surface area contributed by atoms with Gasteiger partial charge in [-0.15, -0.1) is 0 Å². The molecule has 0 spiro atoms. The number of nitrogens with one attached hydrogen (secondary N) is 1. The molecule has 3 rings (SSSR count). The average Bonchev–Trinajstić information content (AvgIpc) is 2.79. The molecule has 1 fully saturated rings. The molecule has 2 aromatic carbocycles. The highest BCUT2D eigenvalue weighted by Gasteiger charge is 2.32. The van der Waals surface area contributed by atoms with E-state index < -0.39 is 6.04 Å². The molecule has 1 atom stereocenters. The van der Waals surface area contributed by atoms with E-state index in [1.165, 1.54) is 0 Å². The third-order valence-corrected chi connectivity index (χ3v) is 5.80. The molecule has 2 aromatic rings. The third-order valence-electron chi connectivity index (χ3n) is 5.80. The van der Waals surface area contributed by atoms with Gasteiger partial charge in [-0.2, -0.15) is 0 Å². The van der Waals surface area contributed by atoms with Crippen molar-refractivity contribution < 1.29 is 14.4 Å². The summed E-state index contributed by atoms with van der Waals surface area (Å²) >= 11 is 0. The number of carbonyl (C=O) groups is 3. The molecule has 6 nitrogen and oxygen atoms in total. The molecule has 1 aliphatic rings. The van der Waals surface area contributed by atoms with E-state index in [1.54, 1.807) is 29.0 Å². The lowest BCUT2D eigenvalue weighted by atomic mass is 10.0. The minimum Gasteiger partial charge on any atom is -0.350 e. The van der Waals surface area contributed by atoms with Crippen LogP contribution in [0, 0.1) is 0 Å². The maximum atomic E-state index is 13.1. The summed E-state index contributed by atoms with van der Waals surface area (Å²) in [5.74, 6) is -0.202. The molecule has 0 aliphatic carbocycles. The first-order valence-electron chi connectivity index (χ1n) is 10.9. The van der Waals surface area contributed by atoms with Gasteiger partial charge >= 0.3 is 0 Å². The van der Waals surface area contributed by atoms with Gasteiger partial charge < -0.3 is 15.1 Å². The second kappa shape index (κ2) is 10.2. The molecule has 0 radical (unpaired) electrons. The summed E-state index contributed by atoms with van der Waals surface area (Å²) in [4.78, 5) is 41.5. The van der Waals surface area contributed by atoms with Crippen LogP contribution < -0.4 is 5.32 Å². The van der Waals surface area contributed by atoms with Gasteiger partial charge in [-0.3, -0.25) is 14.4 Å². The summed E-state index contributed by atoms with van der Waals surface area (Å²) in [7, 11) is 1.78. The van der Waals surface area contributed by atoms with Gasteiger partial charge in [0, 0.05) is 38.2 Å². The first kappa shape index (κ1) is 22.5. The standard InChI is InChI=1S/C25H31N3O3/c1-18(2)27(3)25(31)21-14-12-19(13-15-21)17-26-24(30)23(20-9-5-4-6-10-20)28-16-8-7-11-22(28)29/h4-6,9-10,12-15,18,23H,7-8,11,16-17H2,1-3H3,(H,26,30). The highest BCUT2D eigenvalue weighted by molar-refractivity contribution is 5.94. The number of hydrogen-bond donors (Lipinski definition) is 1. The van der Waals surface area contributed by atoms with Crippen molar-refractivity contribution in [3.8, 4) is 0 Å². The molecule has 3 amide bonds. The Bertz CT molecular complexity index is 909. The molecular weight excluding hydrogens is 390 g/mol. The van der Waals surface area contributed by atoms with Crippen molar-refractivity contribution in [3.63, 3.8) is 0 Å². The van der Waals surface area contributed by atoms with E-state index >= 15 is 0 Å². The molecule has 1 heterocycles.